The summed E-state index contributed by atoms with van der Waals surface area (Å²) in [5.74, 6) is 1.81. The Bertz CT molecular complexity index is 2530. The molecule has 0 unspecified atom stereocenters. The molecular weight excluding hydrogens is 671 g/mol. The standard InChI is InChI=1S/C50H43N5/c1-2-3-4-7-18-37-31-33-42(34-32-37)53(43-25-16-19-38(35-43)49-51-45-27-12-14-29-47(45)54(49)40-21-8-5-9-22-40)44-26-17-20-39(36-44)50-52-46-28-13-15-30-48(46)55(50)41-23-10-6-11-24-41/h5-6,8-17,19-36H,2-4,7,18H2,1H3. The molecule has 0 amide bonds. The van der Waals surface area contributed by atoms with Crippen LogP contribution in [0.2, 0.25) is 0 Å². The van der Waals surface area contributed by atoms with Gasteiger partial charge in [0.05, 0.1) is 22.1 Å². The Balaban J connectivity index is 1.18. The van der Waals surface area contributed by atoms with Crippen molar-refractivity contribution in [3.05, 3.63) is 188 Å². The van der Waals surface area contributed by atoms with Crippen LogP contribution in [-0.4, -0.2) is 19.1 Å². The third kappa shape index (κ3) is 6.81. The molecule has 0 bridgehead atoms. The molecular formula is C50H43N5. The van der Waals surface area contributed by atoms with Crippen LogP contribution in [0.25, 0.3) is 56.2 Å². The highest BCUT2D eigenvalue weighted by Crippen LogP contribution is 2.40. The first-order valence-electron chi connectivity index (χ1n) is 19.4. The van der Waals surface area contributed by atoms with Crippen LogP contribution in [0, 0.1) is 0 Å². The van der Waals surface area contributed by atoms with E-state index in [1.165, 1.54) is 31.2 Å². The molecule has 9 aromatic rings. The zero-order valence-corrected chi connectivity index (χ0v) is 31.1. The molecule has 0 fully saturated rings. The van der Waals surface area contributed by atoms with Gasteiger partial charge < -0.3 is 4.90 Å². The van der Waals surface area contributed by atoms with Crippen molar-refractivity contribution in [2.24, 2.45) is 0 Å². The van der Waals surface area contributed by atoms with Gasteiger partial charge in [0.25, 0.3) is 0 Å². The van der Waals surface area contributed by atoms with Crippen molar-refractivity contribution >= 4 is 39.1 Å². The van der Waals surface area contributed by atoms with Crippen LogP contribution < -0.4 is 4.90 Å². The molecule has 0 atom stereocenters. The van der Waals surface area contributed by atoms with E-state index in [0.717, 1.165) is 79.7 Å². The van der Waals surface area contributed by atoms with Crippen molar-refractivity contribution in [1.29, 1.82) is 0 Å². The lowest BCUT2D eigenvalue weighted by atomic mass is 10.0. The first-order chi connectivity index (χ1) is 27.2. The second kappa shape index (κ2) is 15.3. The van der Waals surface area contributed by atoms with Crippen LogP contribution in [0.4, 0.5) is 17.1 Å². The second-order valence-corrected chi connectivity index (χ2v) is 14.1. The number of unbranched alkanes of at least 4 members (excludes halogenated alkanes) is 3. The highest BCUT2D eigenvalue weighted by molar-refractivity contribution is 5.87. The van der Waals surface area contributed by atoms with E-state index in [1.54, 1.807) is 0 Å². The number of para-hydroxylation sites is 6. The molecule has 0 N–H and O–H groups in total. The molecule has 7 aromatic carbocycles. The van der Waals surface area contributed by atoms with Crippen molar-refractivity contribution in [1.82, 2.24) is 19.1 Å². The Kier molecular flexibility index (Phi) is 9.50. The number of anilines is 3. The van der Waals surface area contributed by atoms with Gasteiger partial charge in [-0.1, -0.05) is 123 Å². The highest BCUT2D eigenvalue weighted by Gasteiger charge is 2.20. The largest absolute Gasteiger partial charge is 0.310 e. The zero-order chi connectivity index (χ0) is 37.0. The summed E-state index contributed by atoms with van der Waals surface area (Å²) in [5.41, 5.74) is 12.9. The Morgan fingerprint density at radius 2 is 0.927 bits per heavy atom. The third-order valence-electron chi connectivity index (χ3n) is 10.4. The van der Waals surface area contributed by atoms with Gasteiger partial charge in [0.1, 0.15) is 11.6 Å². The summed E-state index contributed by atoms with van der Waals surface area (Å²) in [4.78, 5) is 12.8. The average molecular weight is 714 g/mol. The van der Waals surface area contributed by atoms with E-state index in [4.69, 9.17) is 9.97 Å². The molecule has 0 spiro atoms. The second-order valence-electron chi connectivity index (χ2n) is 14.1. The van der Waals surface area contributed by atoms with Crippen molar-refractivity contribution in [3.8, 4) is 34.2 Å². The molecule has 268 valence electrons. The minimum Gasteiger partial charge on any atom is -0.310 e. The zero-order valence-electron chi connectivity index (χ0n) is 31.1. The number of rotatable bonds is 12. The summed E-state index contributed by atoms with van der Waals surface area (Å²) in [6.07, 6.45) is 6.11. The number of hydrogen-bond donors (Lipinski definition) is 0. The minimum atomic E-state index is 0.905. The summed E-state index contributed by atoms with van der Waals surface area (Å²) in [6.45, 7) is 2.27. The molecule has 0 aliphatic heterocycles. The Hall–Kier alpha value is -6.72. The fraction of sp³-hybridized carbons (Fsp3) is 0.120. The van der Waals surface area contributed by atoms with E-state index >= 15 is 0 Å². The maximum atomic E-state index is 5.20. The molecule has 0 aliphatic carbocycles. The lowest BCUT2D eigenvalue weighted by molar-refractivity contribution is 0.667. The fourth-order valence-corrected chi connectivity index (χ4v) is 7.70. The van der Waals surface area contributed by atoms with E-state index in [-0.39, 0.29) is 0 Å². The van der Waals surface area contributed by atoms with E-state index in [0.29, 0.717) is 0 Å². The maximum Gasteiger partial charge on any atom is 0.145 e. The third-order valence-corrected chi connectivity index (χ3v) is 10.4. The van der Waals surface area contributed by atoms with Crippen LogP contribution in [0.1, 0.15) is 38.2 Å². The molecule has 9 rings (SSSR count). The van der Waals surface area contributed by atoms with Crippen molar-refractivity contribution in [2.75, 3.05) is 4.90 Å². The molecule has 5 heteroatoms. The van der Waals surface area contributed by atoms with Gasteiger partial charge in [-0.25, -0.2) is 9.97 Å². The van der Waals surface area contributed by atoms with E-state index in [9.17, 15) is 0 Å². The normalized spacial score (nSPS) is 11.4. The number of aromatic nitrogens is 4. The highest BCUT2D eigenvalue weighted by atomic mass is 15.1. The van der Waals surface area contributed by atoms with Crippen LogP contribution in [0.3, 0.4) is 0 Å². The van der Waals surface area contributed by atoms with Crippen LogP contribution in [0.15, 0.2) is 182 Å². The van der Waals surface area contributed by atoms with Crippen LogP contribution in [0.5, 0.6) is 0 Å². The minimum absolute atomic E-state index is 0.905. The van der Waals surface area contributed by atoms with Gasteiger partial charge in [0, 0.05) is 39.6 Å². The summed E-state index contributed by atoms with van der Waals surface area (Å²) < 4.78 is 4.53. The number of hydrogen-bond acceptors (Lipinski definition) is 3. The Labute approximate surface area is 322 Å². The van der Waals surface area contributed by atoms with Gasteiger partial charge in [-0.05, 0) is 103 Å². The smallest absolute Gasteiger partial charge is 0.145 e. The van der Waals surface area contributed by atoms with Gasteiger partial charge in [-0.2, -0.15) is 0 Å². The first-order valence-corrected chi connectivity index (χ1v) is 19.4. The van der Waals surface area contributed by atoms with Gasteiger partial charge >= 0.3 is 0 Å². The van der Waals surface area contributed by atoms with Crippen molar-refractivity contribution < 1.29 is 0 Å². The molecule has 0 radical (unpaired) electrons. The lowest BCUT2D eigenvalue weighted by Crippen LogP contribution is -2.11. The number of imidazole rings is 2. The number of aryl methyl sites for hydroxylation is 1. The molecule has 5 nitrogen and oxygen atoms in total. The van der Waals surface area contributed by atoms with Crippen LogP contribution in [-0.2, 0) is 6.42 Å². The maximum absolute atomic E-state index is 5.20. The summed E-state index contributed by atoms with van der Waals surface area (Å²) in [6, 6.07) is 64.5. The SMILES string of the molecule is CCCCCCc1ccc(N(c2cccc(-c3nc4ccccc4n3-c3ccccc3)c2)c2cccc(-c3nc4ccccc4n3-c3ccccc3)c2)cc1. The summed E-state index contributed by atoms with van der Waals surface area (Å²) >= 11 is 0. The Morgan fingerprint density at radius 3 is 1.44 bits per heavy atom. The van der Waals surface area contributed by atoms with Crippen molar-refractivity contribution in [3.63, 3.8) is 0 Å². The molecule has 0 aliphatic rings. The summed E-state index contributed by atoms with van der Waals surface area (Å²) in [5, 5.41) is 0. The first kappa shape index (κ1) is 34.1. The van der Waals surface area contributed by atoms with Gasteiger partial charge in [-0.15, -0.1) is 0 Å². The van der Waals surface area contributed by atoms with Gasteiger partial charge in [0.15, 0.2) is 0 Å². The van der Waals surface area contributed by atoms with Crippen molar-refractivity contribution in [2.45, 2.75) is 39.0 Å². The molecule has 0 saturated heterocycles. The molecule has 2 aromatic heterocycles. The number of fused-ring (bicyclic) bond motifs is 2. The lowest BCUT2D eigenvalue weighted by Gasteiger charge is -2.27. The Morgan fingerprint density at radius 1 is 0.436 bits per heavy atom. The van der Waals surface area contributed by atoms with Gasteiger partial charge in [0.2, 0.25) is 0 Å². The quantitative estimate of drug-likeness (QED) is 0.118. The molecule has 2 heterocycles. The van der Waals surface area contributed by atoms with E-state index in [2.05, 4.69) is 203 Å². The number of benzene rings is 7. The monoisotopic (exact) mass is 713 g/mol. The van der Waals surface area contributed by atoms with E-state index < -0.39 is 0 Å². The predicted octanol–water partition coefficient (Wildman–Crippen LogP) is 13.3. The average Bonchev–Trinajstić information content (AvgIpc) is 3.84. The predicted molar refractivity (Wildman–Crippen MR) is 229 cm³/mol. The topological polar surface area (TPSA) is 38.9 Å². The van der Waals surface area contributed by atoms with E-state index in [1.807, 2.05) is 0 Å². The van der Waals surface area contributed by atoms with Crippen LogP contribution >= 0.6 is 0 Å². The number of nitrogens with zero attached hydrogens (tertiary/aromatic N) is 5. The molecule has 0 saturated carbocycles. The van der Waals surface area contributed by atoms with Gasteiger partial charge in [-0.3, -0.25) is 9.13 Å². The fourth-order valence-electron chi connectivity index (χ4n) is 7.70. The molecule has 55 heavy (non-hydrogen) atoms. The summed E-state index contributed by atoms with van der Waals surface area (Å²) in [7, 11) is 0.